The van der Waals surface area contributed by atoms with E-state index in [0.29, 0.717) is 5.82 Å². The van der Waals surface area contributed by atoms with E-state index in [-0.39, 0.29) is 0 Å². The molecule has 18 heavy (non-hydrogen) atoms. The number of aryl methyl sites for hydroxylation is 1. The average Bonchev–Trinajstić information content (AvgIpc) is 2.40. The van der Waals surface area contributed by atoms with Crippen molar-refractivity contribution < 1.29 is 4.74 Å². The topological polar surface area (TPSA) is 85.1 Å². The summed E-state index contributed by atoms with van der Waals surface area (Å²) in [6.45, 7) is 5.63. The van der Waals surface area contributed by atoms with Crippen LogP contribution in [0.2, 0.25) is 0 Å². The smallest absolute Gasteiger partial charge is 0.148 e. The van der Waals surface area contributed by atoms with Gasteiger partial charge in [-0.15, -0.1) is 0 Å². The fourth-order valence-electron chi connectivity index (χ4n) is 1.61. The number of nitrogens with zero attached hydrogens (tertiary/aromatic N) is 2. The fraction of sp³-hybridized carbons (Fsp3) is 0.667. The zero-order valence-electron chi connectivity index (χ0n) is 11.4. The van der Waals surface area contributed by atoms with Crippen molar-refractivity contribution in [3.8, 4) is 0 Å². The van der Waals surface area contributed by atoms with Crippen molar-refractivity contribution in [3.63, 3.8) is 0 Å². The van der Waals surface area contributed by atoms with Crippen molar-refractivity contribution in [1.29, 1.82) is 0 Å². The monoisotopic (exact) mass is 253 g/mol. The van der Waals surface area contributed by atoms with Gasteiger partial charge in [0.15, 0.2) is 0 Å². The van der Waals surface area contributed by atoms with Gasteiger partial charge in [-0.1, -0.05) is 6.92 Å². The van der Waals surface area contributed by atoms with Crippen LogP contribution in [0.5, 0.6) is 0 Å². The van der Waals surface area contributed by atoms with Gasteiger partial charge in [-0.3, -0.25) is 0 Å². The van der Waals surface area contributed by atoms with Crippen LogP contribution >= 0.6 is 0 Å². The van der Waals surface area contributed by atoms with Gasteiger partial charge in [0.25, 0.3) is 0 Å². The minimum Gasteiger partial charge on any atom is -0.385 e. The van der Waals surface area contributed by atoms with Crippen molar-refractivity contribution in [2.75, 3.05) is 31.0 Å². The van der Waals surface area contributed by atoms with E-state index in [4.69, 9.17) is 10.6 Å². The molecule has 0 radical (unpaired) electrons. The lowest BCUT2D eigenvalue weighted by atomic mass is 10.2. The molecule has 0 saturated carbocycles. The molecule has 1 heterocycles. The number of hydrogen-bond acceptors (Lipinski definition) is 6. The fourth-order valence-corrected chi connectivity index (χ4v) is 1.61. The molecule has 0 fully saturated rings. The third kappa shape index (κ3) is 4.12. The molecule has 6 heteroatoms. The molecule has 0 saturated heterocycles. The van der Waals surface area contributed by atoms with Crippen molar-refractivity contribution in [2.45, 2.75) is 33.1 Å². The van der Waals surface area contributed by atoms with Crippen LogP contribution in [0.3, 0.4) is 0 Å². The normalized spacial score (nSPS) is 10.4. The van der Waals surface area contributed by atoms with Gasteiger partial charge < -0.3 is 15.5 Å². The van der Waals surface area contributed by atoms with Gasteiger partial charge in [-0.2, -0.15) is 0 Å². The molecule has 102 valence electrons. The second-order valence-corrected chi connectivity index (χ2v) is 4.09. The summed E-state index contributed by atoms with van der Waals surface area (Å²) in [6.07, 6.45) is 2.87. The number of aromatic nitrogens is 2. The molecule has 1 aromatic heterocycles. The molecule has 0 bridgehead atoms. The van der Waals surface area contributed by atoms with Gasteiger partial charge in [-0.05, 0) is 19.8 Å². The third-order valence-electron chi connectivity index (χ3n) is 2.71. The number of hydrazine groups is 1. The van der Waals surface area contributed by atoms with Crippen molar-refractivity contribution in [1.82, 2.24) is 9.97 Å². The van der Waals surface area contributed by atoms with Gasteiger partial charge in [-0.25, -0.2) is 15.8 Å². The molecule has 4 N–H and O–H groups in total. The maximum atomic E-state index is 5.45. The quantitative estimate of drug-likeness (QED) is 0.369. The second kappa shape index (κ2) is 7.84. The summed E-state index contributed by atoms with van der Waals surface area (Å²) in [6, 6.07) is 0. The largest absolute Gasteiger partial charge is 0.385 e. The van der Waals surface area contributed by atoms with Crippen LogP contribution in [0.15, 0.2) is 0 Å². The number of unbranched alkanes of at least 4 members (excludes halogenated alkanes) is 1. The molecule has 1 rings (SSSR count). The molecule has 0 aliphatic rings. The first-order valence-electron chi connectivity index (χ1n) is 6.29. The number of methoxy groups -OCH3 is 1. The number of nitrogen functional groups attached to an aromatic ring is 1. The van der Waals surface area contributed by atoms with Crippen molar-refractivity contribution in [2.24, 2.45) is 5.84 Å². The SMILES string of the molecule is CCc1nc(NN)c(C)c(NCCCCOC)n1. The molecule has 0 atom stereocenters. The zero-order valence-corrected chi connectivity index (χ0v) is 11.4. The number of anilines is 2. The summed E-state index contributed by atoms with van der Waals surface area (Å²) >= 11 is 0. The van der Waals surface area contributed by atoms with Gasteiger partial charge in [0.2, 0.25) is 0 Å². The molecular weight excluding hydrogens is 230 g/mol. The van der Waals surface area contributed by atoms with E-state index >= 15 is 0 Å². The lowest BCUT2D eigenvalue weighted by molar-refractivity contribution is 0.194. The molecule has 0 aliphatic heterocycles. The highest BCUT2D eigenvalue weighted by Gasteiger charge is 2.08. The van der Waals surface area contributed by atoms with Crippen LogP contribution < -0.4 is 16.6 Å². The maximum Gasteiger partial charge on any atom is 0.148 e. The Kier molecular flexibility index (Phi) is 6.38. The van der Waals surface area contributed by atoms with E-state index < -0.39 is 0 Å². The first-order chi connectivity index (χ1) is 8.72. The number of nitrogens with one attached hydrogen (secondary N) is 2. The van der Waals surface area contributed by atoms with Crippen LogP contribution in [0.25, 0.3) is 0 Å². The molecule has 1 aromatic rings. The number of nitrogens with two attached hydrogens (primary N) is 1. The van der Waals surface area contributed by atoms with Crippen LogP contribution in [0.4, 0.5) is 11.6 Å². The predicted molar refractivity (Wildman–Crippen MR) is 73.6 cm³/mol. The Labute approximate surface area is 108 Å². The Morgan fingerprint density at radius 3 is 2.56 bits per heavy atom. The average molecular weight is 253 g/mol. The Hall–Kier alpha value is -1.40. The van der Waals surface area contributed by atoms with E-state index in [2.05, 4.69) is 20.7 Å². The maximum absolute atomic E-state index is 5.45. The molecule has 0 amide bonds. The highest BCUT2D eigenvalue weighted by molar-refractivity contribution is 5.56. The van der Waals surface area contributed by atoms with Crippen LogP contribution in [0, 0.1) is 6.92 Å². The Morgan fingerprint density at radius 1 is 1.22 bits per heavy atom. The molecule has 0 aliphatic carbocycles. The first kappa shape index (κ1) is 14.7. The lowest BCUT2D eigenvalue weighted by Crippen LogP contribution is -2.15. The molecule has 6 nitrogen and oxygen atoms in total. The Morgan fingerprint density at radius 2 is 1.94 bits per heavy atom. The summed E-state index contributed by atoms with van der Waals surface area (Å²) in [7, 11) is 1.72. The number of hydrogen-bond donors (Lipinski definition) is 3. The summed E-state index contributed by atoms with van der Waals surface area (Å²) in [4.78, 5) is 8.79. The summed E-state index contributed by atoms with van der Waals surface area (Å²) in [5, 5.41) is 3.32. The van der Waals surface area contributed by atoms with E-state index in [1.165, 1.54) is 0 Å². The zero-order chi connectivity index (χ0) is 13.4. The van der Waals surface area contributed by atoms with E-state index in [1.54, 1.807) is 7.11 Å². The lowest BCUT2D eigenvalue weighted by Gasteiger charge is -2.13. The van der Waals surface area contributed by atoms with E-state index in [0.717, 1.165) is 49.6 Å². The van der Waals surface area contributed by atoms with Gasteiger partial charge in [0.05, 0.1) is 0 Å². The van der Waals surface area contributed by atoms with Gasteiger partial charge >= 0.3 is 0 Å². The Balaban J connectivity index is 2.63. The Bertz CT molecular complexity index is 370. The van der Waals surface area contributed by atoms with Crippen LogP contribution in [0.1, 0.15) is 31.2 Å². The number of rotatable bonds is 8. The first-order valence-corrected chi connectivity index (χ1v) is 6.29. The van der Waals surface area contributed by atoms with E-state index in [9.17, 15) is 0 Å². The molecule has 0 unspecified atom stereocenters. The summed E-state index contributed by atoms with van der Waals surface area (Å²) in [5.74, 6) is 7.77. The van der Waals surface area contributed by atoms with Gasteiger partial charge in [0, 0.05) is 32.2 Å². The highest BCUT2D eigenvalue weighted by atomic mass is 16.5. The van der Waals surface area contributed by atoms with Gasteiger partial charge in [0.1, 0.15) is 17.5 Å². The van der Waals surface area contributed by atoms with Crippen molar-refractivity contribution in [3.05, 3.63) is 11.4 Å². The minimum absolute atomic E-state index is 0.682. The highest BCUT2D eigenvalue weighted by Crippen LogP contribution is 2.19. The van der Waals surface area contributed by atoms with Crippen LogP contribution in [-0.4, -0.2) is 30.2 Å². The molecule has 0 spiro atoms. The standard InChI is InChI=1S/C12H23N5O/c1-4-10-15-11(9(2)12(16-10)17-13)14-7-5-6-8-18-3/h4-8,13H2,1-3H3,(H2,14,15,16,17). The van der Waals surface area contributed by atoms with Crippen molar-refractivity contribution >= 4 is 11.6 Å². The number of ether oxygens (including phenoxy) is 1. The molecule has 0 aromatic carbocycles. The van der Waals surface area contributed by atoms with Crippen LogP contribution in [-0.2, 0) is 11.2 Å². The summed E-state index contributed by atoms with van der Waals surface area (Å²) < 4.78 is 5.01. The van der Waals surface area contributed by atoms with E-state index in [1.807, 2.05) is 13.8 Å². The predicted octanol–water partition coefficient (Wildman–Crippen LogP) is 1.47. The molecular formula is C12H23N5O. The minimum atomic E-state index is 0.682. The third-order valence-corrected chi connectivity index (χ3v) is 2.71. The second-order valence-electron chi connectivity index (χ2n) is 4.09. The summed E-state index contributed by atoms with van der Waals surface area (Å²) in [5.41, 5.74) is 3.56.